The minimum absolute atomic E-state index is 0.130. The number of H-pyrrole nitrogens is 1. The lowest BCUT2D eigenvalue weighted by molar-refractivity contribution is 0.546. The van der Waals surface area contributed by atoms with Gasteiger partial charge in [-0.15, -0.1) is 0 Å². The van der Waals surface area contributed by atoms with E-state index in [1.165, 1.54) is 0 Å². The Balaban J connectivity index is 2.15. The Bertz CT molecular complexity index is 516. The molecule has 5 nitrogen and oxygen atoms in total. The molecule has 2 aromatic heterocycles. The molecule has 2 heterocycles. The van der Waals surface area contributed by atoms with E-state index < -0.39 is 0 Å². The van der Waals surface area contributed by atoms with E-state index >= 15 is 0 Å². The van der Waals surface area contributed by atoms with Crippen LogP contribution in [0.1, 0.15) is 32.3 Å². The summed E-state index contributed by atoms with van der Waals surface area (Å²) in [6.07, 6.45) is 3.41. The van der Waals surface area contributed by atoms with E-state index in [2.05, 4.69) is 46.0 Å². The molecule has 0 radical (unpaired) electrons. The summed E-state index contributed by atoms with van der Waals surface area (Å²) in [5.41, 5.74) is 0.858. The molecule has 0 unspecified atom stereocenters. The van der Waals surface area contributed by atoms with Crippen LogP contribution >= 0.6 is 11.6 Å². The van der Waals surface area contributed by atoms with Crippen LogP contribution in [-0.4, -0.2) is 19.9 Å². The maximum atomic E-state index is 6.01. The zero-order chi connectivity index (χ0) is 13.2. The molecule has 0 aliphatic carbocycles. The van der Waals surface area contributed by atoms with E-state index in [9.17, 15) is 0 Å². The fourth-order valence-corrected chi connectivity index (χ4v) is 1.59. The number of aromatic nitrogens is 4. The highest BCUT2D eigenvalue weighted by Crippen LogP contribution is 2.22. The lowest BCUT2D eigenvalue weighted by Crippen LogP contribution is -2.17. The Labute approximate surface area is 111 Å². The van der Waals surface area contributed by atoms with Gasteiger partial charge < -0.3 is 10.3 Å². The molecule has 0 spiro atoms. The molecule has 0 aliphatic heterocycles. The first-order chi connectivity index (χ1) is 8.45. The Morgan fingerprint density at radius 1 is 1.33 bits per heavy atom. The molecule has 2 N–H and O–H groups in total. The number of rotatable bonds is 3. The second kappa shape index (κ2) is 4.94. The highest BCUT2D eigenvalue weighted by Gasteiger charge is 2.18. The van der Waals surface area contributed by atoms with Crippen LogP contribution in [0.2, 0.25) is 5.15 Å². The largest absolute Gasteiger partial charge is 0.364 e. The molecular weight excluding hydrogens is 250 g/mol. The van der Waals surface area contributed by atoms with Crippen molar-refractivity contribution in [2.45, 2.75) is 32.7 Å². The number of anilines is 1. The predicted octanol–water partition coefficient (Wildman–Crippen LogP) is 2.76. The van der Waals surface area contributed by atoms with Crippen molar-refractivity contribution in [2.24, 2.45) is 0 Å². The maximum absolute atomic E-state index is 6.01. The Kier molecular flexibility index (Phi) is 3.52. The van der Waals surface area contributed by atoms with Gasteiger partial charge in [-0.2, -0.15) is 0 Å². The summed E-state index contributed by atoms with van der Waals surface area (Å²) < 4.78 is 0. The van der Waals surface area contributed by atoms with Gasteiger partial charge in [0.05, 0.1) is 18.6 Å². The summed E-state index contributed by atoms with van der Waals surface area (Å²) >= 11 is 6.01. The molecule has 18 heavy (non-hydrogen) atoms. The monoisotopic (exact) mass is 265 g/mol. The van der Waals surface area contributed by atoms with Crippen molar-refractivity contribution in [3.8, 4) is 0 Å². The minimum atomic E-state index is -0.130. The zero-order valence-electron chi connectivity index (χ0n) is 10.7. The van der Waals surface area contributed by atoms with E-state index in [0.717, 1.165) is 17.3 Å². The summed E-state index contributed by atoms with van der Waals surface area (Å²) in [5.74, 6) is 1.44. The van der Waals surface area contributed by atoms with Crippen LogP contribution in [0.15, 0.2) is 18.6 Å². The number of halogens is 1. The van der Waals surface area contributed by atoms with Crippen molar-refractivity contribution in [1.29, 1.82) is 0 Å². The highest BCUT2D eigenvalue weighted by atomic mass is 35.5. The fraction of sp³-hybridized carbons (Fsp3) is 0.417. The molecule has 0 amide bonds. The van der Waals surface area contributed by atoms with E-state index in [4.69, 9.17) is 11.6 Å². The average Bonchev–Trinajstić information content (AvgIpc) is 2.77. The number of hydrogen-bond donors (Lipinski definition) is 2. The lowest BCUT2D eigenvalue weighted by Gasteiger charge is -2.17. The van der Waals surface area contributed by atoms with Gasteiger partial charge in [0.1, 0.15) is 16.8 Å². The van der Waals surface area contributed by atoms with Crippen LogP contribution in [0.3, 0.4) is 0 Å². The van der Waals surface area contributed by atoms with Gasteiger partial charge in [-0.25, -0.2) is 15.0 Å². The first-order valence-electron chi connectivity index (χ1n) is 5.71. The van der Waals surface area contributed by atoms with Gasteiger partial charge in [-0.3, -0.25) is 0 Å². The van der Waals surface area contributed by atoms with E-state index in [-0.39, 0.29) is 5.41 Å². The third kappa shape index (κ3) is 3.20. The summed E-state index contributed by atoms with van der Waals surface area (Å²) in [6.45, 7) is 6.78. The van der Waals surface area contributed by atoms with Gasteiger partial charge in [0.15, 0.2) is 0 Å². The van der Waals surface area contributed by atoms with Crippen molar-refractivity contribution in [2.75, 3.05) is 5.32 Å². The molecular formula is C12H16ClN5. The first kappa shape index (κ1) is 12.8. The lowest BCUT2D eigenvalue weighted by atomic mass is 9.96. The summed E-state index contributed by atoms with van der Waals surface area (Å²) in [4.78, 5) is 15.7. The van der Waals surface area contributed by atoms with E-state index in [0.29, 0.717) is 11.7 Å². The second-order valence-corrected chi connectivity index (χ2v) is 5.47. The minimum Gasteiger partial charge on any atom is -0.364 e. The first-order valence-corrected chi connectivity index (χ1v) is 6.09. The van der Waals surface area contributed by atoms with Crippen LogP contribution in [0.5, 0.6) is 0 Å². The van der Waals surface area contributed by atoms with Crippen LogP contribution in [0, 0.1) is 0 Å². The van der Waals surface area contributed by atoms with Crippen LogP contribution in [0.4, 0.5) is 5.82 Å². The molecule has 0 saturated carbocycles. The topological polar surface area (TPSA) is 66.5 Å². The van der Waals surface area contributed by atoms with Crippen LogP contribution in [-0.2, 0) is 12.0 Å². The van der Waals surface area contributed by atoms with Gasteiger partial charge >= 0.3 is 0 Å². The smallest absolute Gasteiger partial charge is 0.137 e. The van der Waals surface area contributed by atoms with Gasteiger partial charge in [-0.1, -0.05) is 32.4 Å². The molecule has 0 fully saturated rings. The van der Waals surface area contributed by atoms with E-state index in [1.54, 1.807) is 18.6 Å². The number of hydrogen-bond acceptors (Lipinski definition) is 4. The molecule has 0 aromatic carbocycles. The zero-order valence-corrected chi connectivity index (χ0v) is 11.4. The van der Waals surface area contributed by atoms with Gasteiger partial charge in [0, 0.05) is 17.7 Å². The maximum Gasteiger partial charge on any atom is 0.137 e. The Morgan fingerprint density at radius 2 is 2.11 bits per heavy atom. The molecule has 0 bridgehead atoms. The van der Waals surface area contributed by atoms with E-state index in [1.807, 2.05) is 0 Å². The Hall–Kier alpha value is -1.62. The standard InChI is InChI=1S/C12H16ClN5/c1-12(2,3)11-17-9(13)4-10(18-11)15-6-8-5-14-7-16-8/h4-5,7H,6H2,1-3H3,(H,14,16)(H,15,17,18). The SMILES string of the molecule is CC(C)(C)c1nc(Cl)cc(NCc2cnc[nH]2)n1. The number of nitrogens with zero attached hydrogens (tertiary/aromatic N) is 3. The van der Waals surface area contributed by atoms with Crippen LogP contribution < -0.4 is 5.32 Å². The molecule has 96 valence electrons. The summed E-state index contributed by atoms with van der Waals surface area (Å²) in [5, 5.41) is 3.64. The second-order valence-electron chi connectivity index (χ2n) is 5.08. The molecule has 0 aliphatic rings. The van der Waals surface area contributed by atoms with Crippen molar-refractivity contribution in [3.05, 3.63) is 35.3 Å². The molecule has 2 aromatic rings. The summed E-state index contributed by atoms with van der Waals surface area (Å²) in [7, 11) is 0. The number of imidazole rings is 1. The average molecular weight is 266 g/mol. The molecule has 0 atom stereocenters. The number of aromatic amines is 1. The van der Waals surface area contributed by atoms with Crippen LogP contribution in [0.25, 0.3) is 0 Å². The highest BCUT2D eigenvalue weighted by molar-refractivity contribution is 6.29. The van der Waals surface area contributed by atoms with Crippen molar-refractivity contribution in [3.63, 3.8) is 0 Å². The molecule has 2 rings (SSSR count). The summed E-state index contributed by atoms with van der Waals surface area (Å²) in [6, 6.07) is 1.72. The van der Waals surface area contributed by atoms with Gasteiger partial charge in [0.2, 0.25) is 0 Å². The third-order valence-corrected chi connectivity index (χ3v) is 2.57. The predicted molar refractivity (Wildman–Crippen MR) is 71.7 cm³/mol. The Morgan fingerprint density at radius 3 is 2.72 bits per heavy atom. The molecule has 0 saturated heterocycles. The third-order valence-electron chi connectivity index (χ3n) is 2.38. The molecule has 6 heteroatoms. The van der Waals surface area contributed by atoms with Crippen molar-refractivity contribution < 1.29 is 0 Å². The van der Waals surface area contributed by atoms with Crippen molar-refractivity contribution >= 4 is 17.4 Å². The van der Waals surface area contributed by atoms with Gasteiger partial charge in [-0.05, 0) is 0 Å². The van der Waals surface area contributed by atoms with Crippen molar-refractivity contribution in [1.82, 2.24) is 19.9 Å². The fourth-order valence-electron chi connectivity index (χ4n) is 1.41. The number of nitrogens with one attached hydrogen (secondary N) is 2. The van der Waals surface area contributed by atoms with Gasteiger partial charge in [0.25, 0.3) is 0 Å². The quantitative estimate of drug-likeness (QED) is 0.838. The normalized spacial score (nSPS) is 11.6.